The Morgan fingerprint density at radius 3 is 2.71 bits per heavy atom. The number of halogens is 1. The quantitative estimate of drug-likeness (QED) is 0.857. The summed E-state index contributed by atoms with van der Waals surface area (Å²) >= 11 is 5.76. The number of hydrogen-bond acceptors (Lipinski definition) is 4. The zero-order valence-corrected chi connectivity index (χ0v) is 13.0. The van der Waals surface area contributed by atoms with Crippen molar-refractivity contribution in [2.75, 3.05) is 39.4 Å². The summed E-state index contributed by atoms with van der Waals surface area (Å²) in [5.74, 6) is 0.783. The monoisotopic (exact) mass is 312 g/mol. The maximum absolute atomic E-state index is 12.5. The fourth-order valence-electron chi connectivity index (χ4n) is 3.33. The molecule has 1 amide bonds. The number of carbonyl (C=O) groups is 1. The average Bonchev–Trinajstić information content (AvgIpc) is 3.13. The van der Waals surface area contributed by atoms with E-state index in [4.69, 9.17) is 20.8 Å². The highest BCUT2D eigenvalue weighted by Gasteiger charge is 2.38. The van der Waals surface area contributed by atoms with Gasteiger partial charge < -0.3 is 14.1 Å². The van der Waals surface area contributed by atoms with E-state index in [0.717, 1.165) is 45.8 Å². The molecule has 1 aromatic rings. The molecule has 0 aromatic carbocycles. The summed E-state index contributed by atoms with van der Waals surface area (Å²) in [7, 11) is 0. The molecule has 2 atom stereocenters. The molecule has 2 fully saturated rings. The Balaban J connectivity index is 1.69. The smallest absolute Gasteiger partial charge is 0.289 e. The van der Waals surface area contributed by atoms with Crippen LogP contribution in [0.1, 0.15) is 23.9 Å². The van der Waals surface area contributed by atoms with E-state index in [1.807, 2.05) is 4.90 Å². The van der Waals surface area contributed by atoms with Crippen LogP contribution in [0.2, 0.25) is 5.22 Å². The van der Waals surface area contributed by atoms with Gasteiger partial charge in [0.25, 0.3) is 5.91 Å². The zero-order chi connectivity index (χ0) is 14.8. The molecule has 0 aliphatic carbocycles. The normalized spacial score (nSPS) is 27.2. The molecule has 0 saturated carbocycles. The fourth-order valence-corrected chi connectivity index (χ4v) is 3.48. The summed E-state index contributed by atoms with van der Waals surface area (Å²) in [4.78, 5) is 16.8. The van der Waals surface area contributed by atoms with Gasteiger partial charge in [0, 0.05) is 32.2 Å². The van der Waals surface area contributed by atoms with Crippen LogP contribution in [-0.4, -0.2) is 61.1 Å². The molecular weight excluding hydrogens is 292 g/mol. The van der Waals surface area contributed by atoms with Gasteiger partial charge in [-0.1, -0.05) is 13.3 Å². The summed E-state index contributed by atoms with van der Waals surface area (Å²) in [6.07, 6.45) is 1.07. The lowest BCUT2D eigenvalue weighted by Gasteiger charge is -2.34. The van der Waals surface area contributed by atoms with E-state index in [1.165, 1.54) is 0 Å². The van der Waals surface area contributed by atoms with E-state index in [0.29, 0.717) is 17.7 Å². The van der Waals surface area contributed by atoms with Crippen LogP contribution >= 0.6 is 11.6 Å². The van der Waals surface area contributed by atoms with Gasteiger partial charge in [-0.15, -0.1) is 0 Å². The number of hydrogen-bond donors (Lipinski definition) is 0. The highest BCUT2D eigenvalue weighted by atomic mass is 35.5. The first-order chi connectivity index (χ1) is 10.2. The van der Waals surface area contributed by atoms with Gasteiger partial charge in [0.1, 0.15) is 0 Å². The topological polar surface area (TPSA) is 45.9 Å². The Kier molecular flexibility index (Phi) is 4.52. The van der Waals surface area contributed by atoms with Crippen molar-refractivity contribution in [1.82, 2.24) is 9.80 Å². The minimum atomic E-state index is -0.0592. The minimum absolute atomic E-state index is 0.0592. The van der Waals surface area contributed by atoms with Crippen LogP contribution in [0.4, 0.5) is 0 Å². The lowest BCUT2D eigenvalue weighted by Crippen LogP contribution is -2.47. The van der Waals surface area contributed by atoms with E-state index < -0.39 is 0 Å². The standard InChI is InChI=1S/C15H21ClN2O3/c1-2-11-9-18(15(19)13-3-4-14(16)21-13)10-12(11)17-5-7-20-8-6-17/h3-4,11-12H,2,5-10H2,1H3/t11-,12-/m0/s1. The number of likely N-dealkylation sites (tertiary alicyclic amines) is 1. The van der Waals surface area contributed by atoms with Crippen LogP contribution < -0.4 is 0 Å². The first kappa shape index (κ1) is 14.9. The molecule has 0 N–H and O–H groups in total. The van der Waals surface area contributed by atoms with Crippen molar-refractivity contribution in [2.45, 2.75) is 19.4 Å². The molecule has 5 nitrogen and oxygen atoms in total. The third kappa shape index (κ3) is 3.10. The maximum atomic E-state index is 12.5. The number of amides is 1. The van der Waals surface area contributed by atoms with Crippen molar-refractivity contribution in [2.24, 2.45) is 5.92 Å². The molecule has 6 heteroatoms. The molecule has 3 rings (SSSR count). The second-order valence-electron chi connectivity index (χ2n) is 5.70. The van der Waals surface area contributed by atoms with Gasteiger partial charge in [-0.25, -0.2) is 0 Å². The number of rotatable bonds is 3. The first-order valence-electron chi connectivity index (χ1n) is 7.55. The van der Waals surface area contributed by atoms with Gasteiger partial charge in [0.05, 0.1) is 13.2 Å². The molecule has 0 spiro atoms. The highest BCUT2D eigenvalue weighted by molar-refractivity contribution is 6.29. The van der Waals surface area contributed by atoms with Crippen LogP contribution in [-0.2, 0) is 4.74 Å². The van der Waals surface area contributed by atoms with E-state index in [-0.39, 0.29) is 11.1 Å². The van der Waals surface area contributed by atoms with Crippen molar-refractivity contribution in [3.63, 3.8) is 0 Å². The number of carbonyl (C=O) groups excluding carboxylic acids is 1. The summed E-state index contributed by atoms with van der Waals surface area (Å²) in [6.45, 7) is 7.22. The SMILES string of the molecule is CC[C@H]1CN(C(=O)c2ccc(Cl)o2)C[C@@H]1N1CCOCC1. The molecule has 2 aliphatic heterocycles. The van der Waals surface area contributed by atoms with E-state index >= 15 is 0 Å². The predicted molar refractivity (Wildman–Crippen MR) is 79.6 cm³/mol. The van der Waals surface area contributed by atoms with E-state index in [9.17, 15) is 4.79 Å². The lowest BCUT2D eigenvalue weighted by molar-refractivity contribution is 0.0102. The highest BCUT2D eigenvalue weighted by Crippen LogP contribution is 2.27. The number of ether oxygens (including phenoxy) is 1. The molecule has 0 radical (unpaired) electrons. The van der Waals surface area contributed by atoms with Gasteiger partial charge in [0.15, 0.2) is 11.0 Å². The van der Waals surface area contributed by atoms with Crippen LogP contribution in [0.5, 0.6) is 0 Å². The average molecular weight is 313 g/mol. The molecule has 0 bridgehead atoms. The summed E-state index contributed by atoms with van der Waals surface area (Å²) in [6, 6.07) is 3.68. The third-order valence-electron chi connectivity index (χ3n) is 4.52. The molecule has 116 valence electrons. The van der Waals surface area contributed by atoms with E-state index in [2.05, 4.69) is 11.8 Å². The Hall–Kier alpha value is -1.04. The minimum Gasteiger partial charge on any atom is -0.440 e. The van der Waals surface area contributed by atoms with Gasteiger partial charge in [0.2, 0.25) is 0 Å². The van der Waals surface area contributed by atoms with Crippen molar-refractivity contribution >= 4 is 17.5 Å². The summed E-state index contributed by atoms with van der Waals surface area (Å²) in [5.41, 5.74) is 0. The van der Waals surface area contributed by atoms with E-state index in [1.54, 1.807) is 12.1 Å². The van der Waals surface area contributed by atoms with Crippen LogP contribution in [0.3, 0.4) is 0 Å². The van der Waals surface area contributed by atoms with Crippen molar-refractivity contribution in [1.29, 1.82) is 0 Å². The fraction of sp³-hybridized carbons (Fsp3) is 0.667. The number of furan rings is 1. The zero-order valence-electron chi connectivity index (χ0n) is 12.3. The predicted octanol–water partition coefficient (Wildman–Crippen LogP) is 2.12. The Bertz CT molecular complexity index is 499. The lowest BCUT2D eigenvalue weighted by atomic mass is 9.99. The van der Waals surface area contributed by atoms with Crippen LogP contribution in [0.25, 0.3) is 0 Å². The third-order valence-corrected chi connectivity index (χ3v) is 4.72. The second-order valence-corrected chi connectivity index (χ2v) is 6.07. The second kappa shape index (κ2) is 6.38. The molecule has 21 heavy (non-hydrogen) atoms. The molecule has 2 saturated heterocycles. The molecular formula is C15H21ClN2O3. The molecule has 3 heterocycles. The van der Waals surface area contributed by atoms with Gasteiger partial charge >= 0.3 is 0 Å². The first-order valence-corrected chi connectivity index (χ1v) is 7.93. The summed E-state index contributed by atoms with van der Waals surface area (Å²) in [5, 5.41) is 0.259. The molecule has 0 unspecified atom stereocenters. The molecule has 1 aromatic heterocycles. The van der Waals surface area contributed by atoms with Crippen molar-refractivity contribution in [3.05, 3.63) is 23.1 Å². The maximum Gasteiger partial charge on any atom is 0.289 e. The Labute approximate surface area is 129 Å². The number of morpholine rings is 1. The Morgan fingerprint density at radius 1 is 1.33 bits per heavy atom. The summed E-state index contributed by atoms with van der Waals surface area (Å²) < 4.78 is 10.7. The number of nitrogens with zero attached hydrogens (tertiary/aromatic N) is 2. The Morgan fingerprint density at radius 2 is 2.10 bits per heavy atom. The largest absolute Gasteiger partial charge is 0.440 e. The van der Waals surface area contributed by atoms with Gasteiger partial charge in [-0.2, -0.15) is 0 Å². The molecule has 2 aliphatic rings. The van der Waals surface area contributed by atoms with Crippen LogP contribution in [0, 0.1) is 5.92 Å². The van der Waals surface area contributed by atoms with Gasteiger partial charge in [-0.3, -0.25) is 9.69 Å². The van der Waals surface area contributed by atoms with Crippen molar-refractivity contribution in [3.8, 4) is 0 Å². The van der Waals surface area contributed by atoms with Crippen LogP contribution in [0.15, 0.2) is 16.5 Å². The van der Waals surface area contributed by atoms with Gasteiger partial charge in [-0.05, 0) is 29.7 Å². The van der Waals surface area contributed by atoms with Crippen molar-refractivity contribution < 1.29 is 13.9 Å².